The van der Waals surface area contributed by atoms with Crippen LogP contribution in [0, 0.1) is 0 Å². The van der Waals surface area contributed by atoms with E-state index in [-0.39, 0.29) is 5.97 Å². The summed E-state index contributed by atoms with van der Waals surface area (Å²) in [5.74, 6) is 0.0509. The van der Waals surface area contributed by atoms with Crippen molar-refractivity contribution in [3.05, 3.63) is 54.0 Å². The van der Waals surface area contributed by atoms with Gasteiger partial charge in [0.15, 0.2) is 0 Å². The fourth-order valence-corrected chi connectivity index (χ4v) is 2.72. The summed E-state index contributed by atoms with van der Waals surface area (Å²) >= 11 is 0. The summed E-state index contributed by atoms with van der Waals surface area (Å²) < 4.78 is 6.65. The molecule has 3 aromatic rings. The summed E-state index contributed by atoms with van der Waals surface area (Å²) in [7, 11) is 1.40. The molecule has 0 N–H and O–H groups in total. The largest absolute Gasteiger partial charge is 0.465 e. The molecule has 0 amide bonds. The summed E-state index contributed by atoms with van der Waals surface area (Å²) in [5.41, 5.74) is 3.23. The average molecular weight is 293 g/mol. The third-order valence-electron chi connectivity index (χ3n) is 3.98. The summed E-state index contributed by atoms with van der Waals surface area (Å²) in [4.78, 5) is 16.3. The lowest BCUT2D eigenvalue weighted by Crippen LogP contribution is -2.02. The van der Waals surface area contributed by atoms with Crippen LogP contribution in [0.4, 0.5) is 0 Å². The molecule has 0 aliphatic heterocycles. The quantitative estimate of drug-likeness (QED) is 0.696. The van der Waals surface area contributed by atoms with Crippen LogP contribution in [0.5, 0.6) is 0 Å². The topological polar surface area (TPSA) is 57.0 Å². The maximum absolute atomic E-state index is 12.0. The smallest absolute Gasteiger partial charge is 0.341 e. The van der Waals surface area contributed by atoms with Gasteiger partial charge in [0.25, 0.3) is 0 Å². The lowest BCUT2D eigenvalue weighted by Gasteiger charge is -2.05. The van der Waals surface area contributed by atoms with E-state index in [1.165, 1.54) is 7.11 Å². The first-order valence-corrected chi connectivity index (χ1v) is 7.30. The molecule has 0 radical (unpaired) electrons. The van der Waals surface area contributed by atoms with E-state index >= 15 is 0 Å². The van der Waals surface area contributed by atoms with Gasteiger partial charge in [-0.1, -0.05) is 6.07 Å². The Balaban J connectivity index is 1.90. The lowest BCUT2D eigenvalue weighted by molar-refractivity contribution is 0.0599. The van der Waals surface area contributed by atoms with Gasteiger partial charge in [-0.2, -0.15) is 5.10 Å². The molecule has 5 heteroatoms. The van der Waals surface area contributed by atoms with E-state index in [4.69, 9.17) is 4.74 Å². The van der Waals surface area contributed by atoms with E-state index in [9.17, 15) is 4.79 Å². The second kappa shape index (κ2) is 4.94. The third-order valence-corrected chi connectivity index (χ3v) is 3.98. The Kier molecular flexibility index (Phi) is 2.92. The molecule has 1 aromatic carbocycles. The highest BCUT2D eigenvalue weighted by atomic mass is 16.5. The van der Waals surface area contributed by atoms with Crippen molar-refractivity contribution in [1.82, 2.24) is 14.8 Å². The molecule has 22 heavy (non-hydrogen) atoms. The minimum atomic E-state index is -0.327. The Labute approximate surface area is 127 Å². The van der Waals surface area contributed by atoms with Gasteiger partial charge in [-0.15, -0.1) is 0 Å². The Morgan fingerprint density at radius 3 is 2.91 bits per heavy atom. The number of benzene rings is 1. The number of hydrogen-bond donors (Lipinski definition) is 0. The van der Waals surface area contributed by atoms with Crippen molar-refractivity contribution in [2.75, 3.05) is 7.11 Å². The van der Waals surface area contributed by atoms with E-state index in [1.807, 2.05) is 30.3 Å². The molecule has 0 unspecified atom stereocenters. The summed E-state index contributed by atoms with van der Waals surface area (Å²) in [6, 6.07) is 9.80. The van der Waals surface area contributed by atoms with Gasteiger partial charge in [0, 0.05) is 23.7 Å². The fraction of sp³-hybridized carbons (Fsp3) is 0.235. The second-order valence-corrected chi connectivity index (χ2v) is 5.49. The first-order chi connectivity index (χ1) is 10.8. The molecule has 2 heterocycles. The molecule has 5 nitrogen and oxygen atoms in total. The molecule has 4 rings (SSSR count). The van der Waals surface area contributed by atoms with Crippen LogP contribution in [0.1, 0.15) is 34.8 Å². The number of pyridine rings is 1. The highest BCUT2D eigenvalue weighted by Crippen LogP contribution is 2.41. The van der Waals surface area contributed by atoms with Gasteiger partial charge in [0.1, 0.15) is 5.56 Å². The normalized spacial score (nSPS) is 14.2. The van der Waals surface area contributed by atoms with E-state index < -0.39 is 0 Å². The molecule has 2 aromatic heterocycles. The molecule has 110 valence electrons. The standard InChI is InChI=1S/C17H15N3O2/c1-22-17(21)13-10-20(19-16(13)11-7-8-11)15-6-2-5-14-12(15)4-3-9-18-14/h2-6,9-11H,7-8H2,1H3. The van der Waals surface area contributed by atoms with Crippen molar-refractivity contribution in [3.8, 4) is 5.69 Å². The van der Waals surface area contributed by atoms with Crippen LogP contribution in [-0.4, -0.2) is 27.8 Å². The van der Waals surface area contributed by atoms with Crippen molar-refractivity contribution in [1.29, 1.82) is 0 Å². The van der Waals surface area contributed by atoms with Gasteiger partial charge >= 0.3 is 5.97 Å². The van der Waals surface area contributed by atoms with E-state index in [0.717, 1.165) is 35.1 Å². The van der Waals surface area contributed by atoms with Crippen molar-refractivity contribution < 1.29 is 9.53 Å². The fourth-order valence-electron chi connectivity index (χ4n) is 2.72. The second-order valence-electron chi connectivity index (χ2n) is 5.49. The zero-order valence-electron chi connectivity index (χ0n) is 12.2. The zero-order chi connectivity index (χ0) is 15.1. The average Bonchev–Trinajstić information content (AvgIpc) is 3.32. The minimum absolute atomic E-state index is 0.327. The lowest BCUT2D eigenvalue weighted by atomic mass is 10.2. The predicted molar refractivity (Wildman–Crippen MR) is 82.2 cm³/mol. The Morgan fingerprint density at radius 2 is 2.14 bits per heavy atom. The number of nitrogens with zero attached hydrogens (tertiary/aromatic N) is 3. The minimum Gasteiger partial charge on any atom is -0.465 e. The predicted octanol–water partition coefficient (Wildman–Crippen LogP) is 3.08. The van der Waals surface area contributed by atoms with Crippen molar-refractivity contribution in [2.24, 2.45) is 0 Å². The Bertz CT molecular complexity index is 860. The summed E-state index contributed by atoms with van der Waals surface area (Å²) in [5, 5.41) is 5.66. The highest BCUT2D eigenvalue weighted by Gasteiger charge is 2.32. The van der Waals surface area contributed by atoms with Crippen molar-refractivity contribution >= 4 is 16.9 Å². The monoisotopic (exact) mass is 293 g/mol. The van der Waals surface area contributed by atoms with Crippen LogP contribution in [0.3, 0.4) is 0 Å². The van der Waals surface area contributed by atoms with Gasteiger partial charge in [0.05, 0.1) is 24.0 Å². The number of methoxy groups -OCH3 is 1. The number of carbonyl (C=O) groups excluding carboxylic acids is 1. The van der Waals surface area contributed by atoms with Gasteiger partial charge < -0.3 is 4.74 Å². The van der Waals surface area contributed by atoms with Gasteiger partial charge in [-0.25, -0.2) is 9.48 Å². The highest BCUT2D eigenvalue weighted by molar-refractivity contribution is 5.91. The van der Waals surface area contributed by atoms with Gasteiger partial charge in [0.2, 0.25) is 0 Å². The van der Waals surface area contributed by atoms with Crippen LogP contribution >= 0.6 is 0 Å². The molecule has 0 bridgehead atoms. The maximum atomic E-state index is 12.0. The zero-order valence-corrected chi connectivity index (χ0v) is 12.2. The number of ether oxygens (including phenoxy) is 1. The Hall–Kier alpha value is -2.69. The SMILES string of the molecule is COC(=O)c1cn(-c2cccc3ncccc23)nc1C1CC1. The van der Waals surface area contributed by atoms with E-state index in [2.05, 4.69) is 10.1 Å². The molecule has 1 aliphatic rings. The molecule has 0 spiro atoms. The number of carbonyl (C=O) groups is 1. The van der Waals surface area contributed by atoms with Crippen LogP contribution in [0.2, 0.25) is 0 Å². The number of esters is 1. The molecule has 1 aliphatic carbocycles. The number of fused-ring (bicyclic) bond motifs is 1. The van der Waals surface area contributed by atoms with Crippen molar-refractivity contribution in [3.63, 3.8) is 0 Å². The van der Waals surface area contributed by atoms with Gasteiger partial charge in [-0.05, 0) is 37.1 Å². The number of rotatable bonds is 3. The first-order valence-electron chi connectivity index (χ1n) is 7.30. The molecule has 1 saturated carbocycles. The maximum Gasteiger partial charge on any atom is 0.341 e. The van der Waals surface area contributed by atoms with E-state index in [1.54, 1.807) is 17.1 Å². The van der Waals surface area contributed by atoms with Crippen LogP contribution in [0.25, 0.3) is 16.6 Å². The third kappa shape index (κ3) is 2.06. The Morgan fingerprint density at radius 1 is 1.27 bits per heavy atom. The van der Waals surface area contributed by atoms with Crippen LogP contribution in [-0.2, 0) is 4.74 Å². The molecule has 1 fully saturated rings. The number of aromatic nitrogens is 3. The molecule has 0 saturated heterocycles. The summed E-state index contributed by atoms with van der Waals surface area (Å²) in [6.45, 7) is 0. The summed E-state index contributed by atoms with van der Waals surface area (Å²) in [6.07, 6.45) is 5.70. The first kappa shape index (κ1) is 13.0. The van der Waals surface area contributed by atoms with Gasteiger partial charge in [-0.3, -0.25) is 4.98 Å². The van der Waals surface area contributed by atoms with Crippen LogP contribution < -0.4 is 0 Å². The molecular formula is C17H15N3O2. The number of hydrogen-bond acceptors (Lipinski definition) is 4. The van der Waals surface area contributed by atoms with Crippen molar-refractivity contribution in [2.45, 2.75) is 18.8 Å². The van der Waals surface area contributed by atoms with Crippen LogP contribution in [0.15, 0.2) is 42.7 Å². The molecule has 0 atom stereocenters. The van der Waals surface area contributed by atoms with E-state index in [0.29, 0.717) is 11.5 Å². The molecular weight excluding hydrogens is 278 g/mol.